The van der Waals surface area contributed by atoms with Gasteiger partial charge in [-0.2, -0.15) is 0 Å². The molecular weight excluding hydrogens is 733 g/mol. The minimum absolute atomic E-state index is 0.0936. The predicted molar refractivity (Wildman–Crippen MR) is 252 cm³/mol. The van der Waals surface area contributed by atoms with Crippen LogP contribution in [0.5, 0.6) is 0 Å². The Morgan fingerprint density at radius 2 is 0.644 bits per heavy atom. The third kappa shape index (κ3) is 46.3. The van der Waals surface area contributed by atoms with E-state index in [-0.39, 0.29) is 37.5 Å². The molecule has 0 fully saturated rings. The van der Waals surface area contributed by atoms with Gasteiger partial charge in [-0.1, -0.05) is 211 Å². The van der Waals surface area contributed by atoms with Gasteiger partial charge in [0.25, 0.3) is 0 Å². The van der Waals surface area contributed by atoms with Crippen LogP contribution in [0.1, 0.15) is 252 Å². The number of rotatable bonds is 45. The number of carbonyl (C=O) groups is 3. The molecule has 0 spiro atoms. The first kappa shape index (κ1) is 56.4. The van der Waals surface area contributed by atoms with Crippen molar-refractivity contribution in [2.45, 2.75) is 258 Å². The van der Waals surface area contributed by atoms with E-state index < -0.39 is 6.10 Å². The lowest BCUT2D eigenvalue weighted by molar-refractivity contribution is -0.167. The van der Waals surface area contributed by atoms with Crippen molar-refractivity contribution >= 4 is 17.9 Å². The summed E-state index contributed by atoms with van der Waals surface area (Å²) in [4.78, 5) is 37.8. The Bertz CT molecular complexity index is 1040. The van der Waals surface area contributed by atoms with Gasteiger partial charge in [-0.15, -0.1) is 0 Å². The number of allylic oxidation sites excluding steroid dienone is 8. The molecule has 0 saturated heterocycles. The van der Waals surface area contributed by atoms with E-state index in [1.807, 2.05) is 0 Å². The lowest BCUT2D eigenvalue weighted by Gasteiger charge is -2.18. The Morgan fingerprint density at radius 1 is 0.339 bits per heavy atom. The van der Waals surface area contributed by atoms with Crippen molar-refractivity contribution < 1.29 is 28.6 Å². The van der Waals surface area contributed by atoms with Crippen LogP contribution in [0.15, 0.2) is 48.6 Å². The number of ether oxygens (including phenoxy) is 3. The summed E-state index contributed by atoms with van der Waals surface area (Å²) >= 11 is 0. The first-order valence-electron chi connectivity index (χ1n) is 25.1. The van der Waals surface area contributed by atoms with Crippen molar-refractivity contribution in [3.05, 3.63) is 48.6 Å². The van der Waals surface area contributed by atoms with Gasteiger partial charge < -0.3 is 14.2 Å². The van der Waals surface area contributed by atoms with E-state index in [1.54, 1.807) is 0 Å². The van der Waals surface area contributed by atoms with Crippen molar-refractivity contribution in [1.29, 1.82) is 0 Å². The molecule has 0 aromatic rings. The quantitative estimate of drug-likeness (QED) is 0.0263. The van der Waals surface area contributed by atoms with E-state index in [2.05, 4.69) is 69.4 Å². The lowest BCUT2D eigenvalue weighted by Crippen LogP contribution is -2.30. The van der Waals surface area contributed by atoms with Crippen LogP contribution in [0.3, 0.4) is 0 Å². The first-order chi connectivity index (χ1) is 29.0. The second-order valence-corrected chi connectivity index (χ2v) is 16.7. The fourth-order valence-corrected chi connectivity index (χ4v) is 6.97. The largest absolute Gasteiger partial charge is 0.462 e. The number of esters is 3. The van der Waals surface area contributed by atoms with Gasteiger partial charge in [-0.25, -0.2) is 0 Å². The Hall–Kier alpha value is -2.63. The third-order valence-electron chi connectivity index (χ3n) is 10.8. The maximum Gasteiger partial charge on any atom is 0.306 e. The number of carbonyl (C=O) groups excluding carboxylic acids is 3. The smallest absolute Gasteiger partial charge is 0.306 e. The van der Waals surface area contributed by atoms with Gasteiger partial charge in [0.05, 0.1) is 0 Å². The maximum absolute atomic E-state index is 12.7. The first-order valence-corrected chi connectivity index (χ1v) is 25.1. The van der Waals surface area contributed by atoms with E-state index in [4.69, 9.17) is 14.2 Å². The summed E-state index contributed by atoms with van der Waals surface area (Å²) in [5, 5.41) is 0. The molecule has 0 unspecified atom stereocenters. The predicted octanol–water partition coefficient (Wildman–Crippen LogP) is 16.3. The van der Waals surface area contributed by atoms with Crippen LogP contribution in [-0.2, 0) is 28.6 Å². The van der Waals surface area contributed by atoms with Crippen LogP contribution in [0.4, 0.5) is 0 Å². The van der Waals surface area contributed by atoms with Gasteiger partial charge in [0, 0.05) is 19.3 Å². The summed E-state index contributed by atoms with van der Waals surface area (Å²) in [5.74, 6) is -0.952. The Morgan fingerprint density at radius 3 is 1.07 bits per heavy atom. The Kier molecular flexibility index (Phi) is 45.9. The van der Waals surface area contributed by atoms with E-state index in [1.165, 1.54) is 141 Å². The van der Waals surface area contributed by atoms with E-state index in [9.17, 15) is 14.4 Å². The molecule has 0 N–H and O–H groups in total. The monoisotopic (exact) mass is 827 g/mol. The molecule has 0 aliphatic carbocycles. The van der Waals surface area contributed by atoms with E-state index in [0.29, 0.717) is 19.3 Å². The van der Waals surface area contributed by atoms with Gasteiger partial charge in [0.1, 0.15) is 13.2 Å². The summed E-state index contributed by atoms with van der Waals surface area (Å²) < 4.78 is 16.7. The molecule has 0 amide bonds. The van der Waals surface area contributed by atoms with Crippen molar-refractivity contribution in [2.75, 3.05) is 13.2 Å². The minimum atomic E-state index is -0.798. The van der Waals surface area contributed by atoms with Gasteiger partial charge in [-0.05, 0) is 70.6 Å². The topological polar surface area (TPSA) is 78.9 Å². The van der Waals surface area contributed by atoms with Gasteiger partial charge >= 0.3 is 17.9 Å². The molecule has 0 aromatic carbocycles. The SMILES string of the molecule is CCCC/C=C\CCCCCCCC(=O)OC[C@H](COC(=O)CCCCCCCCCCCCCCC)OC(=O)CCC/C=C\C/C=C\C/C=C\CCCCCCCC. The summed E-state index contributed by atoms with van der Waals surface area (Å²) in [6.07, 6.45) is 56.7. The normalized spacial score (nSPS) is 12.4. The molecule has 0 heterocycles. The Labute approximate surface area is 365 Å². The zero-order valence-electron chi connectivity index (χ0n) is 39.0. The highest BCUT2D eigenvalue weighted by atomic mass is 16.6. The molecule has 0 aromatic heterocycles. The third-order valence-corrected chi connectivity index (χ3v) is 10.8. The highest BCUT2D eigenvalue weighted by molar-refractivity contribution is 5.71. The molecule has 6 heteroatoms. The van der Waals surface area contributed by atoms with Gasteiger partial charge in [0.2, 0.25) is 0 Å². The summed E-state index contributed by atoms with van der Waals surface area (Å²) in [7, 11) is 0. The van der Waals surface area contributed by atoms with Crippen LogP contribution < -0.4 is 0 Å². The van der Waals surface area contributed by atoms with E-state index in [0.717, 1.165) is 64.2 Å². The molecule has 6 nitrogen and oxygen atoms in total. The van der Waals surface area contributed by atoms with Crippen LogP contribution in [0.2, 0.25) is 0 Å². The van der Waals surface area contributed by atoms with Crippen LogP contribution in [-0.4, -0.2) is 37.2 Å². The van der Waals surface area contributed by atoms with Crippen molar-refractivity contribution in [3.8, 4) is 0 Å². The van der Waals surface area contributed by atoms with Crippen LogP contribution in [0, 0.1) is 0 Å². The molecular formula is C53H94O6. The highest BCUT2D eigenvalue weighted by Crippen LogP contribution is 2.14. The standard InChI is InChI=1S/C53H94O6/c1-4-7-10-13-16-19-22-24-25-26-27-29-32-35-38-41-44-47-53(56)59-50(48-57-51(54)45-42-39-36-33-30-21-18-15-12-9-6-3)49-58-52(55)46-43-40-37-34-31-28-23-20-17-14-11-8-5-2/h15,18,24-25,27,29,35,38,50H,4-14,16-17,19-23,26,28,30-34,36-37,39-49H2,1-3H3/b18-15-,25-24-,29-27-,38-35-/t50-/m1/s1. The maximum atomic E-state index is 12.7. The highest BCUT2D eigenvalue weighted by Gasteiger charge is 2.19. The summed E-state index contributed by atoms with van der Waals surface area (Å²) in [6, 6.07) is 0. The number of unbranched alkanes of at least 4 members (excludes halogenated alkanes) is 26. The molecule has 342 valence electrons. The van der Waals surface area contributed by atoms with Crippen LogP contribution in [0.25, 0.3) is 0 Å². The average molecular weight is 827 g/mol. The second kappa shape index (κ2) is 48.0. The second-order valence-electron chi connectivity index (χ2n) is 16.7. The van der Waals surface area contributed by atoms with Gasteiger partial charge in [0.15, 0.2) is 6.10 Å². The van der Waals surface area contributed by atoms with Crippen molar-refractivity contribution in [2.24, 2.45) is 0 Å². The van der Waals surface area contributed by atoms with E-state index >= 15 is 0 Å². The van der Waals surface area contributed by atoms with Crippen molar-refractivity contribution in [3.63, 3.8) is 0 Å². The Balaban J connectivity index is 4.44. The molecule has 0 aliphatic rings. The fourth-order valence-electron chi connectivity index (χ4n) is 6.97. The summed E-state index contributed by atoms with van der Waals surface area (Å²) in [5.41, 5.74) is 0. The molecule has 0 saturated carbocycles. The lowest BCUT2D eigenvalue weighted by atomic mass is 10.0. The minimum Gasteiger partial charge on any atom is -0.462 e. The molecule has 0 rings (SSSR count). The molecule has 1 atom stereocenters. The zero-order valence-corrected chi connectivity index (χ0v) is 39.0. The summed E-state index contributed by atoms with van der Waals surface area (Å²) in [6.45, 7) is 6.55. The molecule has 0 bridgehead atoms. The van der Waals surface area contributed by atoms with Crippen molar-refractivity contribution in [1.82, 2.24) is 0 Å². The zero-order chi connectivity index (χ0) is 43.0. The fraction of sp³-hybridized carbons (Fsp3) is 0.792. The van der Waals surface area contributed by atoms with Gasteiger partial charge in [-0.3, -0.25) is 14.4 Å². The molecule has 59 heavy (non-hydrogen) atoms. The van der Waals surface area contributed by atoms with Crippen LogP contribution >= 0.6 is 0 Å². The average Bonchev–Trinajstić information content (AvgIpc) is 3.23. The number of hydrogen-bond donors (Lipinski definition) is 0. The number of hydrogen-bond acceptors (Lipinski definition) is 6. The molecule has 0 radical (unpaired) electrons. The molecule has 0 aliphatic heterocycles.